The molecule has 88 valence electrons. The highest BCUT2D eigenvalue weighted by Gasteiger charge is 2.33. The third kappa shape index (κ3) is 3.22. The van der Waals surface area contributed by atoms with E-state index >= 15 is 0 Å². The van der Waals surface area contributed by atoms with Crippen molar-refractivity contribution in [2.45, 2.75) is 12.6 Å². The molecular formula is C10H7BrClF3O. The zero-order valence-corrected chi connectivity index (χ0v) is 10.3. The lowest BCUT2D eigenvalue weighted by molar-refractivity contribution is -0.138. The van der Waals surface area contributed by atoms with Crippen LogP contribution < -0.4 is 0 Å². The van der Waals surface area contributed by atoms with Gasteiger partial charge in [-0.05, 0) is 12.1 Å². The molecule has 0 N–H and O–H groups in total. The van der Waals surface area contributed by atoms with Crippen LogP contribution in [0.25, 0.3) is 0 Å². The summed E-state index contributed by atoms with van der Waals surface area (Å²) < 4.78 is 37.0. The van der Waals surface area contributed by atoms with Crippen LogP contribution in [0.4, 0.5) is 13.2 Å². The van der Waals surface area contributed by atoms with Crippen LogP contribution in [0.5, 0.6) is 0 Å². The van der Waals surface area contributed by atoms with Crippen LogP contribution in [0.1, 0.15) is 22.3 Å². The van der Waals surface area contributed by atoms with Crippen molar-refractivity contribution in [3.8, 4) is 0 Å². The van der Waals surface area contributed by atoms with Crippen molar-refractivity contribution >= 4 is 33.3 Å². The fraction of sp³-hybridized carbons (Fsp3) is 0.300. The molecule has 0 atom stereocenters. The molecule has 0 heterocycles. The summed E-state index contributed by atoms with van der Waals surface area (Å²) >= 11 is 8.17. The molecule has 0 saturated heterocycles. The summed E-state index contributed by atoms with van der Waals surface area (Å²) in [4.78, 5) is 11.4. The van der Waals surface area contributed by atoms with Gasteiger partial charge in [0.15, 0.2) is 5.78 Å². The summed E-state index contributed by atoms with van der Waals surface area (Å²) in [6, 6.07) is 3.20. The van der Waals surface area contributed by atoms with Crippen molar-refractivity contribution in [3.05, 3.63) is 33.8 Å². The van der Waals surface area contributed by atoms with Gasteiger partial charge in [-0.1, -0.05) is 22.0 Å². The van der Waals surface area contributed by atoms with E-state index in [1.54, 1.807) is 0 Å². The number of alkyl halides is 4. The predicted octanol–water partition coefficient (Wildman–Crippen LogP) is 4.28. The molecule has 1 rings (SSSR count). The Kier molecular flexibility index (Phi) is 4.38. The Balaban J connectivity index is 3.05. The fourth-order valence-electron chi connectivity index (χ4n) is 1.15. The first-order valence-electron chi connectivity index (χ1n) is 4.32. The van der Waals surface area contributed by atoms with Gasteiger partial charge in [0.1, 0.15) is 0 Å². The highest BCUT2D eigenvalue weighted by atomic mass is 79.9. The number of carbonyl (C=O) groups excluding carboxylic acids is 1. The smallest absolute Gasteiger partial charge is 0.294 e. The fourth-order valence-corrected chi connectivity index (χ4v) is 1.92. The molecule has 0 bridgehead atoms. The zero-order chi connectivity index (χ0) is 12.3. The maximum Gasteiger partial charge on any atom is 0.417 e. The van der Waals surface area contributed by atoms with E-state index in [1.807, 2.05) is 0 Å². The van der Waals surface area contributed by atoms with E-state index in [0.29, 0.717) is 0 Å². The monoisotopic (exact) mass is 314 g/mol. The summed E-state index contributed by atoms with van der Waals surface area (Å²) in [7, 11) is 0. The van der Waals surface area contributed by atoms with Crippen molar-refractivity contribution in [2.24, 2.45) is 0 Å². The average molecular weight is 316 g/mol. The summed E-state index contributed by atoms with van der Waals surface area (Å²) in [5.74, 6) is -0.123. The molecule has 0 aliphatic carbocycles. The maximum absolute atomic E-state index is 12.4. The highest BCUT2D eigenvalue weighted by Crippen LogP contribution is 2.35. The molecule has 6 heteroatoms. The van der Waals surface area contributed by atoms with Crippen molar-refractivity contribution in [1.29, 1.82) is 0 Å². The van der Waals surface area contributed by atoms with E-state index in [-0.39, 0.29) is 28.1 Å². The number of halogens is 5. The van der Waals surface area contributed by atoms with Crippen molar-refractivity contribution in [2.75, 3.05) is 5.88 Å². The average Bonchev–Trinajstić information content (AvgIpc) is 2.16. The third-order valence-electron chi connectivity index (χ3n) is 1.92. The van der Waals surface area contributed by atoms with E-state index in [0.717, 1.165) is 18.2 Å². The van der Waals surface area contributed by atoms with E-state index < -0.39 is 11.7 Å². The van der Waals surface area contributed by atoms with Gasteiger partial charge in [-0.3, -0.25) is 4.79 Å². The number of Topliss-reactive ketones (excluding diaryl/α,β-unsaturated/α-hetero) is 1. The molecule has 0 aliphatic rings. The molecule has 0 fully saturated rings. The summed E-state index contributed by atoms with van der Waals surface area (Å²) in [6.45, 7) is 0. The van der Waals surface area contributed by atoms with E-state index in [4.69, 9.17) is 11.6 Å². The van der Waals surface area contributed by atoms with Gasteiger partial charge in [0.2, 0.25) is 0 Å². The lowest BCUT2D eigenvalue weighted by atomic mass is 10.1. The minimum atomic E-state index is -4.42. The normalized spacial score (nSPS) is 11.6. The number of carbonyl (C=O) groups is 1. The summed E-state index contributed by atoms with van der Waals surface area (Å²) in [5.41, 5.74) is -0.574. The standard InChI is InChI=1S/C10H7BrClF3O/c11-8-5-6(9(16)3-4-12)1-2-7(8)10(13,14)15/h1-2,5H,3-4H2. The van der Waals surface area contributed by atoms with Gasteiger partial charge in [0.05, 0.1) is 5.56 Å². The lowest BCUT2D eigenvalue weighted by Crippen LogP contribution is -2.07. The van der Waals surface area contributed by atoms with Crippen LogP contribution in [-0.4, -0.2) is 11.7 Å². The topological polar surface area (TPSA) is 17.1 Å². The molecule has 0 unspecified atom stereocenters. The van der Waals surface area contributed by atoms with Crippen molar-refractivity contribution < 1.29 is 18.0 Å². The minimum absolute atomic E-state index is 0.110. The van der Waals surface area contributed by atoms with Crippen LogP contribution in [0.15, 0.2) is 22.7 Å². The second kappa shape index (κ2) is 5.19. The van der Waals surface area contributed by atoms with E-state index in [2.05, 4.69) is 15.9 Å². The number of hydrogen-bond donors (Lipinski definition) is 0. The van der Waals surface area contributed by atoms with Crippen LogP contribution in [-0.2, 0) is 6.18 Å². The molecule has 0 saturated carbocycles. The highest BCUT2D eigenvalue weighted by molar-refractivity contribution is 9.10. The summed E-state index contributed by atoms with van der Waals surface area (Å²) in [5, 5.41) is 0. The molecule has 0 amide bonds. The van der Waals surface area contributed by atoms with Crippen molar-refractivity contribution in [1.82, 2.24) is 0 Å². The molecule has 1 aromatic rings. The van der Waals surface area contributed by atoms with Gasteiger partial charge >= 0.3 is 6.18 Å². The first-order chi connectivity index (χ1) is 7.36. The molecular weight excluding hydrogens is 308 g/mol. The third-order valence-corrected chi connectivity index (χ3v) is 2.76. The maximum atomic E-state index is 12.4. The number of hydrogen-bond acceptors (Lipinski definition) is 1. The molecule has 0 radical (unpaired) electrons. The Bertz CT molecular complexity index is 404. The molecule has 16 heavy (non-hydrogen) atoms. The first kappa shape index (κ1) is 13.5. The quantitative estimate of drug-likeness (QED) is 0.601. The lowest BCUT2D eigenvalue weighted by Gasteiger charge is -2.09. The van der Waals surface area contributed by atoms with Crippen molar-refractivity contribution in [3.63, 3.8) is 0 Å². The Labute approximate surface area is 104 Å². The Morgan fingerprint density at radius 3 is 2.44 bits per heavy atom. The van der Waals surface area contributed by atoms with Crippen LogP contribution in [0, 0.1) is 0 Å². The van der Waals surface area contributed by atoms with Crippen LogP contribution in [0.3, 0.4) is 0 Å². The SMILES string of the molecule is O=C(CCCl)c1ccc(C(F)(F)F)c(Br)c1. The van der Waals surface area contributed by atoms with Gasteiger partial charge in [0, 0.05) is 22.3 Å². The Morgan fingerprint density at radius 1 is 1.38 bits per heavy atom. The Morgan fingerprint density at radius 2 is 2.00 bits per heavy atom. The van der Waals surface area contributed by atoms with Crippen LogP contribution >= 0.6 is 27.5 Å². The van der Waals surface area contributed by atoms with E-state index in [9.17, 15) is 18.0 Å². The van der Waals surface area contributed by atoms with Gasteiger partial charge in [0.25, 0.3) is 0 Å². The van der Waals surface area contributed by atoms with Gasteiger partial charge < -0.3 is 0 Å². The van der Waals surface area contributed by atoms with Gasteiger partial charge in [-0.15, -0.1) is 11.6 Å². The molecule has 0 spiro atoms. The number of benzene rings is 1. The second-order valence-electron chi connectivity index (χ2n) is 3.05. The molecule has 1 aromatic carbocycles. The largest absolute Gasteiger partial charge is 0.417 e. The second-order valence-corrected chi connectivity index (χ2v) is 4.29. The summed E-state index contributed by atoms with van der Waals surface area (Å²) in [6.07, 6.45) is -4.31. The molecule has 0 aromatic heterocycles. The number of rotatable bonds is 3. The van der Waals surface area contributed by atoms with Gasteiger partial charge in [-0.2, -0.15) is 13.2 Å². The Hall–Kier alpha value is -0.550. The first-order valence-corrected chi connectivity index (χ1v) is 5.65. The van der Waals surface area contributed by atoms with E-state index in [1.165, 1.54) is 0 Å². The predicted molar refractivity (Wildman–Crippen MR) is 58.8 cm³/mol. The zero-order valence-electron chi connectivity index (χ0n) is 7.94. The van der Waals surface area contributed by atoms with Crippen LogP contribution in [0.2, 0.25) is 0 Å². The van der Waals surface area contributed by atoms with Gasteiger partial charge in [-0.25, -0.2) is 0 Å². The minimum Gasteiger partial charge on any atom is -0.294 e. The molecule has 1 nitrogen and oxygen atoms in total. The molecule has 0 aliphatic heterocycles. The number of ketones is 1.